The van der Waals surface area contributed by atoms with Crippen molar-refractivity contribution in [3.63, 3.8) is 0 Å². The van der Waals surface area contributed by atoms with Gasteiger partial charge in [-0.25, -0.2) is 0 Å². The lowest BCUT2D eigenvalue weighted by molar-refractivity contribution is 0.119. The van der Waals surface area contributed by atoms with E-state index in [0.29, 0.717) is 12.3 Å². The van der Waals surface area contributed by atoms with E-state index in [0.717, 1.165) is 55.1 Å². The van der Waals surface area contributed by atoms with E-state index >= 15 is 0 Å². The smallest absolute Gasteiger partial charge is 0.231 e. The largest absolute Gasteiger partial charge is 0.361 e. The summed E-state index contributed by atoms with van der Waals surface area (Å²) < 4.78 is 6.65. The van der Waals surface area contributed by atoms with Crippen LogP contribution in [-0.2, 0) is 19.5 Å². The summed E-state index contributed by atoms with van der Waals surface area (Å²) in [6.07, 6.45) is 2.68. The second-order valence-corrected chi connectivity index (χ2v) is 8.74. The van der Waals surface area contributed by atoms with E-state index < -0.39 is 0 Å². The molecule has 30 heavy (non-hydrogen) atoms. The van der Waals surface area contributed by atoms with Crippen LogP contribution in [0.1, 0.15) is 22.8 Å². The van der Waals surface area contributed by atoms with Gasteiger partial charge in [-0.3, -0.25) is 9.80 Å². The highest BCUT2D eigenvalue weighted by Crippen LogP contribution is 2.20. The maximum atomic E-state index is 5.52. The molecule has 0 spiro atoms. The first-order chi connectivity index (χ1) is 14.7. The van der Waals surface area contributed by atoms with Crippen LogP contribution in [0.5, 0.6) is 0 Å². The van der Waals surface area contributed by atoms with Crippen LogP contribution in [-0.4, -0.2) is 51.1 Å². The zero-order valence-corrected chi connectivity index (χ0v) is 18.3. The fraction of sp³-hybridized carbons (Fsp3) is 0.304. The molecule has 4 aromatic rings. The lowest BCUT2D eigenvalue weighted by atomic mass is 10.1. The lowest BCUT2D eigenvalue weighted by Gasteiger charge is -2.34. The summed E-state index contributed by atoms with van der Waals surface area (Å²) in [6.45, 7) is 5.87. The van der Waals surface area contributed by atoms with Gasteiger partial charge < -0.3 is 9.51 Å². The Balaban J connectivity index is 1.14. The Bertz CT molecular complexity index is 1110. The third-order valence-corrected chi connectivity index (χ3v) is 6.20. The molecule has 1 N–H and O–H groups in total. The van der Waals surface area contributed by atoms with Gasteiger partial charge in [-0.15, -0.1) is 0 Å². The monoisotopic (exact) mass is 465 g/mol. The van der Waals surface area contributed by atoms with Crippen molar-refractivity contribution in [2.75, 3.05) is 26.2 Å². The minimum atomic E-state index is 0.651. The van der Waals surface area contributed by atoms with Crippen LogP contribution < -0.4 is 0 Å². The summed E-state index contributed by atoms with van der Waals surface area (Å²) in [4.78, 5) is 12.8. The van der Waals surface area contributed by atoms with Gasteiger partial charge in [0.15, 0.2) is 5.82 Å². The van der Waals surface area contributed by atoms with E-state index in [1.165, 1.54) is 16.5 Å². The summed E-state index contributed by atoms with van der Waals surface area (Å²) >= 11 is 3.50. The third-order valence-electron chi connectivity index (χ3n) is 5.68. The predicted molar refractivity (Wildman–Crippen MR) is 120 cm³/mol. The summed E-state index contributed by atoms with van der Waals surface area (Å²) in [5.74, 6) is 1.44. The van der Waals surface area contributed by atoms with Crippen LogP contribution in [0.2, 0.25) is 0 Å². The van der Waals surface area contributed by atoms with Crippen LogP contribution in [0, 0.1) is 0 Å². The zero-order chi connectivity index (χ0) is 20.3. The van der Waals surface area contributed by atoms with Crippen molar-refractivity contribution < 1.29 is 4.52 Å². The number of fused-ring (bicyclic) bond motifs is 1. The Morgan fingerprint density at radius 1 is 0.933 bits per heavy atom. The molecular weight excluding hydrogens is 442 g/mol. The summed E-state index contributed by atoms with van der Waals surface area (Å²) in [6, 6.07) is 16.9. The quantitative estimate of drug-likeness (QED) is 0.461. The number of halogens is 1. The molecule has 1 aliphatic rings. The van der Waals surface area contributed by atoms with Crippen molar-refractivity contribution in [3.05, 3.63) is 82.0 Å². The number of aromatic amines is 1. The van der Waals surface area contributed by atoms with Crippen molar-refractivity contribution in [3.8, 4) is 0 Å². The molecule has 0 saturated carbocycles. The van der Waals surface area contributed by atoms with Gasteiger partial charge in [0, 0.05) is 54.3 Å². The second-order valence-electron chi connectivity index (χ2n) is 7.82. The molecule has 0 amide bonds. The molecule has 0 aliphatic carbocycles. The topological polar surface area (TPSA) is 61.2 Å². The molecule has 1 aliphatic heterocycles. The number of benzene rings is 2. The Hall–Kier alpha value is -2.48. The average Bonchev–Trinajstić information content (AvgIpc) is 3.39. The van der Waals surface area contributed by atoms with Crippen LogP contribution in [0.25, 0.3) is 10.9 Å². The van der Waals surface area contributed by atoms with Crippen LogP contribution >= 0.6 is 15.9 Å². The molecule has 2 aromatic heterocycles. The van der Waals surface area contributed by atoms with Crippen molar-refractivity contribution in [2.24, 2.45) is 0 Å². The van der Waals surface area contributed by atoms with Crippen LogP contribution in [0.15, 0.2) is 63.7 Å². The highest BCUT2D eigenvalue weighted by molar-refractivity contribution is 9.10. The van der Waals surface area contributed by atoms with Crippen molar-refractivity contribution in [2.45, 2.75) is 19.5 Å². The van der Waals surface area contributed by atoms with E-state index in [2.05, 4.69) is 83.3 Å². The molecule has 6 nitrogen and oxygen atoms in total. The number of hydrogen-bond acceptors (Lipinski definition) is 5. The molecule has 7 heteroatoms. The Morgan fingerprint density at radius 3 is 2.47 bits per heavy atom. The third kappa shape index (κ3) is 4.48. The standard InChI is InChI=1S/C23H24BrN5O/c24-19-7-5-17(6-8-19)15-28-9-11-29(12-10-28)16-22-26-23(30-27-22)13-18-14-25-21-4-2-1-3-20(18)21/h1-8,14,25H,9-13,15-16H2. The number of piperazine rings is 1. The minimum absolute atomic E-state index is 0.651. The fourth-order valence-electron chi connectivity index (χ4n) is 4.02. The molecule has 2 aromatic carbocycles. The first kappa shape index (κ1) is 19.5. The molecule has 0 atom stereocenters. The number of nitrogens with one attached hydrogen (secondary N) is 1. The Morgan fingerprint density at radius 2 is 1.67 bits per heavy atom. The van der Waals surface area contributed by atoms with Crippen LogP contribution in [0.4, 0.5) is 0 Å². The van der Waals surface area contributed by atoms with E-state index in [1.807, 2.05) is 12.3 Å². The Labute approximate surface area is 184 Å². The molecule has 1 fully saturated rings. The number of aromatic nitrogens is 3. The highest BCUT2D eigenvalue weighted by Gasteiger charge is 2.19. The maximum absolute atomic E-state index is 5.52. The van der Waals surface area contributed by atoms with Crippen molar-refractivity contribution in [1.29, 1.82) is 0 Å². The predicted octanol–water partition coefficient (Wildman–Crippen LogP) is 4.22. The molecule has 0 bridgehead atoms. The van der Waals surface area contributed by atoms with Gasteiger partial charge in [-0.05, 0) is 29.3 Å². The van der Waals surface area contributed by atoms with Gasteiger partial charge in [0.05, 0.1) is 13.0 Å². The van der Waals surface area contributed by atoms with Gasteiger partial charge in [0.1, 0.15) is 0 Å². The molecule has 0 radical (unpaired) electrons. The summed E-state index contributed by atoms with van der Waals surface area (Å²) in [5.41, 5.74) is 3.67. The van der Waals surface area contributed by atoms with Crippen molar-refractivity contribution in [1.82, 2.24) is 24.9 Å². The van der Waals surface area contributed by atoms with E-state index in [-0.39, 0.29) is 0 Å². The fourth-order valence-corrected chi connectivity index (χ4v) is 4.28. The Kier molecular flexibility index (Phi) is 5.66. The molecule has 154 valence electrons. The molecule has 3 heterocycles. The lowest BCUT2D eigenvalue weighted by Crippen LogP contribution is -2.45. The van der Waals surface area contributed by atoms with E-state index in [4.69, 9.17) is 4.52 Å². The molecule has 5 rings (SSSR count). The SMILES string of the molecule is Brc1ccc(CN2CCN(Cc3noc(Cc4c[nH]c5ccccc45)n3)CC2)cc1. The van der Waals surface area contributed by atoms with Crippen LogP contribution in [0.3, 0.4) is 0 Å². The summed E-state index contributed by atoms with van der Waals surface area (Å²) in [7, 11) is 0. The number of para-hydroxylation sites is 1. The van der Waals surface area contributed by atoms with Gasteiger partial charge in [-0.1, -0.05) is 51.4 Å². The normalized spacial score (nSPS) is 15.8. The van der Waals surface area contributed by atoms with Gasteiger partial charge >= 0.3 is 0 Å². The number of H-pyrrole nitrogens is 1. The number of rotatable bonds is 6. The first-order valence-electron chi connectivity index (χ1n) is 10.3. The zero-order valence-electron chi connectivity index (χ0n) is 16.7. The molecule has 1 saturated heterocycles. The molecular formula is C23H24BrN5O. The van der Waals surface area contributed by atoms with E-state index in [9.17, 15) is 0 Å². The van der Waals surface area contributed by atoms with Gasteiger partial charge in [0.25, 0.3) is 0 Å². The second kappa shape index (κ2) is 8.71. The number of hydrogen-bond donors (Lipinski definition) is 1. The maximum Gasteiger partial charge on any atom is 0.231 e. The highest BCUT2D eigenvalue weighted by atomic mass is 79.9. The first-order valence-corrected chi connectivity index (χ1v) is 11.1. The van der Waals surface area contributed by atoms with E-state index in [1.54, 1.807) is 0 Å². The number of nitrogens with zero attached hydrogens (tertiary/aromatic N) is 4. The molecule has 0 unspecified atom stereocenters. The average molecular weight is 466 g/mol. The minimum Gasteiger partial charge on any atom is -0.361 e. The van der Waals surface area contributed by atoms with Crippen molar-refractivity contribution >= 4 is 26.8 Å². The van der Waals surface area contributed by atoms with Gasteiger partial charge in [0.2, 0.25) is 5.89 Å². The summed E-state index contributed by atoms with van der Waals surface area (Å²) in [5, 5.41) is 5.42. The van der Waals surface area contributed by atoms with Gasteiger partial charge in [-0.2, -0.15) is 4.98 Å².